The van der Waals surface area contributed by atoms with E-state index >= 15 is 0 Å². The van der Waals surface area contributed by atoms with Crippen molar-refractivity contribution in [3.63, 3.8) is 0 Å². The number of nitrogens with one attached hydrogen (secondary N) is 1. The summed E-state index contributed by atoms with van der Waals surface area (Å²) in [6.07, 6.45) is -2.57. The molecule has 2 N–H and O–H groups in total. The molecule has 21 heavy (non-hydrogen) atoms. The first-order chi connectivity index (χ1) is 9.71. The van der Waals surface area contributed by atoms with Gasteiger partial charge in [-0.25, -0.2) is 4.79 Å². The van der Waals surface area contributed by atoms with Gasteiger partial charge >= 0.3 is 18.2 Å². The number of carboxylic acid groups (broad SMARTS) is 1. The van der Waals surface area contributed by atoms with Crippen LogP contribution >= 0.6 is 0 Å². The molecule has 0 radical (unpaired) electrons. The van der Waals surface area contributed by atoms with Crippen LogP contribution in [0.5, 0.6) is 0 Å². The highest BCUT2D eigenvalue weighted by Crippen LogP contribution is 2.41. The van der Waals surface area contributed by atoms with Crippen LogP contribution < -0.4 is 5.32 Å². The van der Waals surface area contributed by atoms with Crippen molar-refractivity contribution in [3.05, 3.63) is 0 Å². The Bertz CT molecular complexity index is 374. The second kappa shape index (κ2) is 7.51. The number of aliphatic carboxylic acids is 1. The first kappa shape index (κ1) is 17.6. The first-order valence-corrected chi connectivity index (χ1v) is 6.99. The molecule has 0 aromatic rings. The van der Waals surface area contributed by atoms with Crippen molar-refractivity contribution in [2.45, 2.75) is 38.3 Å². The molecule has 2 atom stereocenters. The van der Waals surface area contributed by atoms with Crippen molar-refractivity contribution in [1.82, 2.24) is 10.2 Å². The molecule has 0 aliphatic heterocycles. The zero-order valence-corrected chi connectivity index (χ0v) is 11.9. The number of amides is 2. The largest absolute Gasteiger partial charge is 0.481 e. The molecular formula is C13H21F3N2O3. The lowest BCUT2D eigenvalue weighted by Gasteiger charge is -2.33. The number of rotatable bonds is 5. The van der Waals surface area contributed by atoms with Gasteiger partial charge in [-0.3, -0.25) is 4.79 Å². The molecule has 0 spiro atoms. The molecule has 0 saturated heterocycles. The van der Waals surface area contributed by atoms with E-state index in [0.29, 0.717) is 12.8 Å². The summed E-state index contributed by atoms with van der Waals surface area (Å²) in [6.45, 7) is -0.00501. The van der Waals surface area contributed by atoms with E-state index in [1.807, 2.05) is 0 Å². The molecule has 2 amide bonds. The summed E-state index contributed by atoms with van der Waals surface area (Å²) in [5.74, 6) is -2.99. The van der Waals surface area contributed by atoms with Gasteiger partial charge in [-0.05, 0) is 18.8 Å². The summed E-state index contributed by atoms with van der Waals surface area (Å²) < 4.78 is 38.7. The normalized spacial score (nSPS) is 22.7. The molecule has 8 heteroatoms. The first-order valence-electron chi connectivity index (χ1n) is 6.99. The van der Waals surface area contributed by atoms with Gasteiger partial charge in [0.2, 0.25) is 0 Å². The number of nitrogens with zero attached hydrogens (tertiary/aromatic N) is 1. The van der Waals surface area contributed by atoms with Gasteiger partial charge in [0.05, 0.1) is 12.3 Å². The summed E-state index contributed by atoms with van der Waals surface area (Å²) in [6, 6.07) is -0.539. The Morgan fingerprint density at radius 2 is 1.90 bits per heavy atom. The molecule has 0 aromatic heterocycles. The van der Waals surface area contributed by atoms with E-state index in [2.05, 4.69) is 5.32 Å². The van der Waals surface area contributed by atoms with Crippen LogP contribution in [-0.4, -0.2) is 48.3 Å². The molecule has 1 rings (SSSR count). The van der Waals surface area contributed by atoms with Gasteiger partial charge in [0.15, 0.2) is 0 Å². The van der Waals surface area contributed by atoms with Crippen molar-refractivity contribution in [1.29, 1.82) is 0 Å². The van der Waals surface area contributed by atoms with Crippen LogP contribution in [0, 0.1) is 11.8 Å². The summed E-state index contributed by atoms with van der Waals surface area (Å²) >= 11 is 0. The monoisotopic (exact) mass is 310 g/mol. The number of carboxylic acids is 1. The standard InChI is InChI=1S/C13H21F3N2O3/c1-18(7-6-11(19)20)12(21)17-8-9-4-2-3-5-10(9)13(14,15)16/h9-10H,2-8H2,1H3,(H,17,21)(H,19,20). The third-order valence-electron chi connectivity index (χ3n) is 3.85. The van der Waals surface area contributed by atoms with E-state index < -0.39 is 30.0 Å². The van der Waals surface area contributed by atoms with Crippen molar-refractivity contribution in [2.75, 3.05) is 20.1 Å². The van der Waals surface area contributed by atoms with E-state index in [4.69, 9.17) is 5.11 Å². The predicted molar refractivity (Wildman–Crippen MR) is 69.8 cm³/mol. The van der Waals surface area contributed by atoms with Gasteiger partial charge in [-0.1, -0.05) is 12.8 Å². The Morgan fingerprint density at radius 3 is 2.48 bits per heavy atom. The Morgan fingerprint density at radius 1 is 1.29 bits per heavy atom. The Balaban J connectivity index is 2.44. The summed E-state index contributed by atoms with van der Waals surface area (Å²) in [5, 5.41) is 11.0. The summed E-state index contributed by atoms with van der Waals surface area (Å²) in [5.41, 5.74) is 0. The van der Waals surface area contributed by atoms with E-state index in [-0.39, 0.29) is 25.9 Å². The molecule has 2 unspecified atom stereocenters. The lowest BCUT2D eigenvalue weighted by Crippen LogP contribution is -2.44. The van der Waals surface area contributed by atoms with Crippen LogP contribution in [0.15, 0.2) is 0 Å². The maximum atomic E-state index is 12.9. The molecule has 0 bridgehead atoms. The van der Waals surface area contributed by atoms with Gasteiger partial charge < -0.3 is 15.3 Å². The van der Waals surface area contributed by atoms with Crippen molar-refractivity contribution >= 4 is 12.0 Å². The highest BCUT2D eigenvalue weighted by molar-refractivity contribution is 5.74. The summed E-state index contributed by atoms with van der Waals surface area (Å²) in [4.78, 5) is 23.3. The molecule has 1 aliphatic carbocycles. The van der Waals surface area contributed by atoms with E-state index in [1.54, 1.807) is 0 Å². The molecule has 1 saturated carbocycles. The lowest BCUT2D eigenvalue weighted by atomic mass is 9.79. The minimum absolute atomic E-state index is 0.0224. The molecule has 1 fully saturated rings. The van der Waals surface area contributed by atoms with Crippen LogP contribution in [0.25, 0.3) is 0 Å². The third kappa shape index (κ3) is 5.81. The number of alkyl halides is 3. The Hall–Kier alpha value is -1.47. The van der Waals surface area contributed by atoms with Gasteiger partial charge in [0.1, 0.15) is 0 Å². The molecular weight excluding hydrogens is 289 g/mol. The van der Waals surface area contributed by atoms with Crippen LogP contribution in [0.1, 0.15) is 32.1 Å². The van der Waals surface area contributed by atoms with E-state index in [0.717, 1.165) is 6.42 Å². The molecule has 0 aromatic carbocycles. The fraction of sp³-hybridized carbons (Fsp3) is 0.846. The SMILES string of the molecule is CN(CCC(=O)O)C(=O)NCC1CCCCC1C(F)(F)F. The van der Waals surface area contributed by atoms with E-state index in [1.165, 1.54) is 11.9 Å². The number of urea groups is 1. The van der Waals surface area contributed by atoms with Crippen LogP contribution in [0.2, 0.25) is 0 Å². The number of carbonyl (C=O) groups is 2. The topological polar surface area (TPSA) is 69.6 Å². The maximum Gasteiger partial charge on any atom is 0.392 e. The minimum Gasteiger partial charge on any atom is -0.481 e. The van der Waals surface area contributed by atoms with Gasteiger partial charge in [0.25, 0.3) is 0 Å². The second-order valence-electron chi connectivity index (χ2n) is 5.44. The number of hydrogen-bond acceptors (Lipinski definition) is 2. The van der Waals surface area contributed by atoms with Crippen molar-refractivity contribution in [2.24, 2.45) is 11.8 Å². The number of carbonyl (C=O) groups excluding carboxylic acids is 1. The van der Waals surface area contributed by atoms with E-state index in [9.17, 15) is 22.8 Å². The number of halogens is 3. The zero-order valence-electron chi connectivity index (χ0n) is 11.9. The smallest absolute Gasteiger partial charge is 0.392 e. The minimum atomic E-state index is -4.23. The highest BCUT2D eigenvalue weighted by Gasteiger charge is 2.45. The Kier molecular flexibility index (Phi) is 6.29. The number of hydrogen-bond donors (Lipinski definition) is 2. The van der Waals surface area contributed by atoms with Crippen LogP contribution in [0.4, 0.5) is 18.0 Å². The fourth-order valence-corrected chi connectivity index (χ4v) is 2.60. The average molecular weight is 310 g/mol. The van der Waals surface area contributed by atoms with Crippen LogP contribution in [-0.2, 0) is 4.79 Å². The maximum absolute atomic E-state index is 12.9. The Labute approximate surface area is 121 Å². The van der Waals surface area contributed by atoms with Crippen LogP contribution in [0.3, 0.4) is 0 Å². The molecule has 1 aliphatic rings. The molecule has 122 valence electrons. The summed E-state index contributed by atoms with van der Waals surface area (Å²) in [7, 11) is 1.42. The predicted octanol–water partition coefficient (Wildman–Crippen LogP) is 2.47. The fourth-order valence-electron chi connectivity index (χ4n) is 2.60. The van der Waals surface area contributed by atoms with Gasteiger partial charge in [-0.15, -0.1) is 0 Å². The molecule has 5 nitrogen and oxygen atoms in total. The highest BCUT2D eigenvalue weighted by atomic mass is 19.4. The van der Waals surface area contributed by atoms with Crippen molar-refractivity contribution in [3.8, 4) is 0 Å². The zero-order chi connectivity index (χ0) is 16.0. The second-order valence-corrected chi connectivity index (χ2v) is 5.44. The lowest BCUT2D eigenvalue weighted by molar-refractivity contribution is -0.195. The van der Waals surface area contributed by atoms with Gasteiger partial charge in [-0.2, -0.15) is 13.2 Å². The average Bonchev–Trinajstić information content (AvgIpc) is 2.41. The van der Waals surface area contributed by atoms with Gasteiger partial charge in [0, 0.05) is 20.1 Å². The van der Waals surface area contributed by atoms with Crippen molar-refractivity contribution < 1.29 is 27.9 Å². The quantitative estimate of drug-likeness (QED) is 0.819. The third-order valence-corrected chi connectivity index (χ3v) is 3.85. The molecule has 0 heterocycles.